The molecule has 3 aromatic heterocycles. The molecule has 0 aliphatic carbocycles. The van der Waals surface area contributed by atoms with E-state index >= 15 is 0 Å². The van der Waals surface area contributed by atoms with Crippen molar-refractivity contribution in [3.63, 3.8) is 0 Å². The molecule has 1 unspecified atom stereocenters. The molecule has 5 aromatic rings. The molecule has 0 fully saturated rings. The molecule has 6 nitrogen and oxygen atoms in total. The summed E-state index contributed by atoms with van der Waals surface area (Å²) < 4.78 is 7.32. The van der Waals surface area contributed by atoms with Crippen LogP contribution in [0, 0.1) is 0 Å². The highest BCUT2D eigenvalue weighted by Gasteiger charge is 2.20. The Morgan fingerprint density at radius 1 is 1.07 bits per heavy atom. The number of hydrogen-bond acceptors (Lipinski definition) is 5. The van der Waals surface area contributed by atoms with Crippen molar-refractivity contribution in [1.82, 2.24) is 19.7 Å². The van der Waals surface area contributed by atoms with Crippen LogP contribution < -0.4 is 5.32 Å². The number of amides is 1. The van der Waals surface area contributed by atoms with Crippen LogP contribution in [0.2, 0.25) is 0 Å². The normalized spacial score (nSPS) is 12.6. The van der Waals surface area contributed by atoms with Crippen LogP contribution in [-0.4, -0.2) is 25.5 Å². The van der Waals surface area contributed by atoms with Gasteiger partial charge in [-0.05, 0) is 43.3 Å². The van der Waals surface area contributed by atoms with Crippen molar-refractivity contribution in [2.75, 3.05) is 0 Å². The molecule has 0 aliphatic heterocycles. The van der Waals surface area contributed by atoms with Gasteiger partial charge in [0.1, 0.15) is 11.4 Å². The van der Waals surface area contributed by atoms with Crippen LogP contribution in [0.3, 0.4) is 0 Å². The number of nitrogens with one attached hydrogen (secondary N) is 1. The number of benzene rings is 2. The molecule has 1 amide bonds. The molecule has 144 valence electrons. The summed E-state index contributed by atoms with van der Waals surface area (Å²) in [6.45, 7) is 2.25. The van der Waals surface area contributed by atoms with Crippen molar-refractivity contribution in [2.45, 2.75) is 23.9 Å². The van der Waals surface area contributed by atoms with E-state index in [4.69, 9.17) is 14.4 Å². The summed E-state index contributed by atoms with van der Waals surface area (Å²) in [5.74, 6) is 0.654. The number of hydrogen-bond donors (Lipinski definition) is 1. The average Bonchev–Trinajstić information content (AvgIpc) is 3.40. The summed E-state index contributed by atoms with van der Waals surface area (Å²) in [5.41, 5.74) is 3.59. The van der Waals surface area contributed by atoms with Crippen molar-refractivity contribution < 1.29 is 9.21 Å². The van der Waals surface area contributed by atoms with Gasteiger partial charge in [-0.25, -0.2) is 9.97 Å². The van der Waals surface area contributed by atoms with Crippen LogP contribution in [0.25, 0.3) is 27.6 Å². The Kier molecular flexibility index (Phi) is 4.44. The molecule has 29 heavy (non-hydrogen) atoms. The van der Waals surface area contributed by atoms with Gasteiger partial charge in [0.05, 0.1) is 34.6 Å². The zero-order chi connectivity index (χ0) is 19.8. The lowest BCUT2D eigenvalue weighted by atomic mass is 10.2. The average molecular weight is 402 g/mol. The molecule has 1 atom stereocenters. The summed E-state index contributed by atoms with van der Waals surface area (Å²) in [6, 6.07) is 19.6. The molecule has 1 N–H and O–H groups in total. The smallest absolute Gasteiger partial charge is 0.233 e. The molecule has 0 saturated carbocycles. The first-order valence-electron chi connectivity index (χ1n) is 9.33. The third-order valence-corrected chi connectivity index (χ3v) is 5.83. The number of fused-ring (bicyclic) bond motifs is 5. The highest BCUT2D eigenvalue weighted by molar-refractivity contribution is 8.00. The maximum Gasteiger partial charge on any atom is 0.233 e. The predicted molar refractivity (Wildman–Crippen MR) is 114 cm³/mol. The van der Waals surface area contributed by atoms with Gasteiger partial charge in [0.2, 0.25) is 5.91 Å². The third kappa shape index (κ3) is 3.23. The molecule has 0 aliphatic rings. The van der Waals surface area contributed by atoms with E-state index in [1.165, 1.54) is 11.8 Å². The second kappa shape index (κ2) is 7.25. The SMILES string of the molecule is CC(Sc1nc2ccccc2c2nc3ccccc3n12)C(=O)NCc1ccco1. The molecule has 0 spiro atoms. The Labute approximate surface area is 170 Å². The van der Waals surface area contributed by atoms with Crippen LogP contribution in [0.5, 0.6) is 0 Å². The number of carbonyl (C=O) groups excluding carboxylic acids is 1. The summed E-state index contributed by atoms with van der Waals surface area (Å²) in [5, 5.41) is 4.32. The summed E-state index contributed by atoms with van der Waals surface area (Å²) in [4.78, 5) is 22.3. The number of carbonyl (C=O) groups is 1. The fraction of sp³-hybridized carbons (Fsp3) is 0.136. The number of thioether (sulfide) groups is 1. The Morgan fingerprint density at radius 2 is 1.86 bits per heavy atom. The standard InChI is InChI=1S/C22H18N4O2S/c1-14(21(27)23-13-15-7-6-12-28-15)29-22-25-17-9-3-2-8-16(17)20-24-18-10-4-5-11-19(18)26(20)22/h2-12,14H,13H2,1H3,(H,23,27). The monoisotopic (exact) mass is 402 g/mol. The van der Waals surface area contributed by atoms with Gasteiger partial charge >= 0.3 is 0 Å². The van der Waals surface area contributed by atoms with Crippen LogP contribution in [0.1, 0.15) is 12.7 Å². The molecule has 3 heterocycles. The lowest BCUT2D eigenvalue weighted by Gasteiger charge is -2.13. The summed E-state index contributed by atoms with van der Waals surface area (Å²) >= 11 is 1.42. The lowest BCUT2D eigenvalue weighted by Crippen LogP contribution is -2.30. The van der Waals surface area contributed by atoms with E-state index in [-0.39, 0.29) is 11.2 Å². The first kappa shape index (κ1) is 17.8. The van der Waals surface area contributed by atoms with Gasteiger partial charge in [-0.15, -0.1) is 0 Å². The van der Waals surface area contributed by atoms with Crippen molar-refractivity contribution in [3.8, 4) is 0 Å². The van der Waals surface area contributed by atoms with Gasteiger partial charge in [0.25, 0.3) is 0 Å². The second-order valence-electron chi connectivity index (χ2n) is 6.73. The number of nitrogens with zero attached hydrogens (tertiary/aromatic N) is 3. The first-order valence-corrected chi connectivity index (χ1v) is 10.2. The minimum absolute atomic E-state index is 0.0704. The van der Waals surface area contributed by atoms with Crippen LogP contribution in [0.4, 0.5) is 0 Å². The lowest BCUT2D eigenvalue weighted by molar-refractivity contribution is -0.120. The zero-order valence-corrected chi connectivity index (χ0v) is 16.5. The minimum Gasteiger partial charge on any atom is -0.467 e. The van der Waals surface area contributed by atoms with Gasteiger partial charge in [-0.3, -0.25) is 9.20 Å². The number of rotatable bonds is 5. The molecule has 7 heteroatoms. The van der Waals surface area contributed by atoms with Crippen LogP contribution >= 0.6 is 11.8 Å². The van der Waals surface area contributed by atoms with E-state index in [9.17, 15) is 4.79 Å². The predicted octanol–water partition coefficient (Wildman–Crippen LogP) is 4.43. The maximum atomic E-state index is 12.6. The van der Waals surface area contributed by atoms with E-state index in [0.29, 0.717) is 6.54 Å². The highest BCUT2D eigenvalue weighted by Crippen LogP contribution is 2.30. The van der Waals surface area contributed by atoms with E-state index in [1.807, 2.05) is 65.9 Å². The fourth-order valence-corrected chi connectivity index (χ4v) is 4.28. The molecule has 0 radical (unpaired) electrons. The molecular formula is C22H18N4O2S. The van der Waals surface area contributed by atoms with Crippen LogP contribution in [0.15, 0.2) is 76.5 Å². The maximum absolute atomic E-state index is 12.6. The largest absolute Gasteiger partial charge is 0.467 e. The van der Waals surface area contributed by atoms with Crippen molar-refractivity contribution in [2.24, 2.45) is 0 Å². The van der Waals surface area contributed by atoms with Crippen molar-refractivity contribution in [1.29, 1.82) is 0 Å². The molecule has 5 rings (SSSR count). The number of imidazole rings is 1. The van der Waals surface area contributed by atoms with Gasteiger partial charge in [-0.2, -0.15) is 0 Å². The minimum atomic E-state index is -0.331. The van der Waals surface area contributed by atoms with Crippen LogP contribution in [-0.2, 0) is 11.3 Å². The molecule has 0 bridgehead atoms. The van der Waals surface area contributed by atoms with Crippen molar-refractivity contribution in [3.05, 3.63) is 72.7 Å². The molecule has 0 saturated heterocycles. The zero-order valence-electron chi connectivity index (χ0n) is 15.7. The Bertz CT molecular complexity index is 1330. The van der Waals surface area contributed by atoms with Gasteiger partial charge < -0.3 is 9.73 Å². The van der Waals surface area contributed by atoms with E-state index in [1.54, 1.807) is 12.3 Å². The molecular weight excluding hydrogens is 384 g/mol. The third-order valence-electron chi connectivity index (χ3n) is 4.78. The van der Waals surface area contributed by atoms with Crippen molar-refractivity contribution >= 4 is 45.3 Å². The van der Waals surface area contributed by atoms with E-state index in [0.717, 1.165) is 38.5 Å². The van der Waals surface area contributed by atoms with Gasteiger partial charge in [0.15, 0.2) is 5.16 Å². The van der Waals surface area contributed by atoms with Gasteiger partial charge in [0, 0.05) is 5.39 Å². The second-order valence-corrected chi connectivity index (χ2v) is 8.04. The van der Waals surface area contributed by atoms with E-state index < -0.39 is 0 Å². The summed E-state index contributed by atoms with van der Waals surface area (Å²) in [6.07, 6.45) is 1.60. The Balaban J connectivity index is 1.53. The fourth-order valence-electron chi connectivity index (χ4n) is 3.34. The first-order chi connectivity index (χ1) is 14.2. The quantitative estimate of drug-likeness (QED) is 0.348. The molecule has 2 aromatic carbocycles. The number of aromatic nitrogens is 3. The highest BCUT2D eigenvalue weighted by atomic mass is 32.2. The van der Waals surface area contributed by atoms with E-state index in [2.05, 4.69) is 5.32 Å². The Morgan fingerprint density at radius 3 is 2.69 bits per heavy atom. The summed E-state index contributed by atoms with van der Waals surface area (Å²) in [7, 11) is 0. The number of furan rings is 1. The number of para-hydroxylation sites is 3. The topological polar surface area (TPSA) is 72.4 Å². The van der Waals surface area contributed by atoms with Gasteiger partial charge in [-0.1, -0.05) is 36.0 Å². The Hall–Kier alpha value is -3.32.